The minimum atomic E-state index is -1.16. The van der Waals surface area contributed by atoms with Gasteiger partial charge >= 0.3 is 5.97 Å². The predicted octanol–water partition coefficient (Wildman–Crippen LogP) is 6.81. The molecule has 220 valence electrons. The van der Waals surface area contributed by atoms with Crippen molar-refractivity contribution in [3.05, 3.63) is 102 Å². The number of anilines is 1. The standard InChI is InChI=1S/C33H35FN2O6/c1-21(2)31-30(33(40)35-25-11-7-4-8-12-25)29(22-9-5-3-6-10-22)32(23-13-15-24(34)16-14-23)36(31)18-17-26(37)19-27(42-41)20-28(38)39/h3-16,21,26-27,37,41H,17-20H2,1-2H3,(H,35,40)(H,38,39). The fraction of sp³-hybridized carbons (Fsp3) is 0.273. The first kappa shape index (κ1) is 30.6. The second kappa shape index (κ2) is 14.0. The summed E-state index contributed by atoms with van der Waals surface area (Å²) in [5.74, 6) is -1.99. The lowest BCUT2D eigenvalue weighted by molar-refractivity contribution is -0.284. The van der Waals surface area contributed by atoms with E-state index in [1.54, 1.807) is 24.3 Å². The average molecular weight is 575 g/mol. The molecule has 1 aromatic heterocycles. The number of rotatable bonds is 13. The molecule has 0 fully saturated rings. The molecule has 1 heterocycles. The Balaban J connectivity index is 1.88. The number of carboxylic acids is 1. The normalized spacial score (nSPS) is 12.7. The lowest BCUT2D eigenvalue weighted by Gasteiger charge is -2.20. The van der Waals surface area contributed by atoms with E-state index in [-0.39, 0.29) is 31.2 Å². The van der Waals surface area contributed by atoms with Gasteiger partial charge in [-0.2, -0.15) is 0 Å². The zero-order valence-corrected chi connectivity index (χ0v) is 23.5. The highest BCUT2D eigenvalue weighted by Crippen LogP contribution is 2.42. The van der Waals surface area contributed by atoms with Crippen LogP contribution in [0.4, 0.5) is 10.1 Å². The molecule has 0 saturated heterocycles. The summed E-state index contributed by atoms with van der Waals surface area (Å²) in [6.45, 7) is 4.21. The molecule has 3 aromatic carbocycles. The largest absolute Gasteiger partial charge is 0.481 e. The number of aromatic nitrogens is 1. The van der Waals surface area contributed by atoms with Gasteiger partial charge in [0.05, 0.1) is 23.8 Å². The molecule has 0 aliphatic rings. The number of para-hydroxylation sites is 1. The van der Waals surface area contributed by atoms with Crippen molar-refractivity contribution in [3.8, 4) is 22.4 Å². The number of hydrogen-bond acceptors (Lipinski definition) is 5. The van der Waals surface area contributed by atoms with E-state index in [1.165, 1.54) is 12.1 Å². The van der Waals surface area contributed by atoms with Crippen molar-refractivity contribution in [2.24, 2.45) is 0 Å². The van der Waals surface area contributed by atoms with Crippen LogP contribution in [0.3, 0.4) is 0 Å². The van der Waals surface area contributed by atoms with Crippen LogP contribution >= 0.6 is 0 Å². The first-order chi connectivity index (χ1) is 20.2. The smallest absolute Gasteiger partial charge is 0.306 e. The molecule has 0 aliphatic heterocycles. The number of nitrogens with zero attached hydrogens (tertiary/aromatic N) is 1. The van der Waals surface area contributed by atoms with Crippen LogP contribution in [0.1, 0.15) is 55.1 Å². The molecule has 0 radical (unpaired) electrons. The van der Waals surface area contributed by atoms with Gasteiger partial charge in [-0.25, -0.2) is 9.28 Å². The molecule has 2 atom stereocenters. The Morgan fingerprint density at radius 2 is 1.55 bits per heavy atom. The number of aliphatic hydroxyl groups is 1. The van der Waals surface area contributed by atoms with E-state index < -0.39 is 30.4 Å². The second-order valence-corrected chi connectivity index (χ2v) is 10.5. The van der Waals surface area contributed by atoms with Gasteiger partial charge in [-0.3, -0.25) is 14.8 Å². The second-order valence-electron chi connectivity index (χ2n) is 10.5. The molecule has 0 spiro atoms. The van der Waals surface area contributed by atoms with Crippen molar-refractivity contribution in [3.63, 3.8) is 0 Å². The van der Waals surface area contributed by atoms with Crippen molar-refractivity contribution >= 4 is 17.6 Å². The number of carbonyl (C=O) groups excluding carboxylic acids is 1. The van der Waals surface area contributed by atoms with Gasteiger partial charge in [0.15, 0.2) is 0 Å². The van der Waals surface area contributed by atoms with Gasteiger partial charge < -0.3 is 20.1 Å². The average Bonchev–Trinajstić information content (AvgIpc) is 3.32. The molecule has 0 bridgehead atoms. The molecule has 9 heteroatoms. The minimum absolute atomic E-state index is 0.0974. The lowest BCUT2D eigenvalue weighted by Crippen LogP contribution is -2.24. The maximum atomic E-state index is 14.1. The summed E-state index contributed by atoms with van der Waals surface area (Å²) < 4.78 is 16.0. The Hall–Kier alpha value is -4.31. The van der Waals surface area contributed by atoms with Crippen LogP contribution in [0.25, 0.3) is 22.4 Å². The van der Waals surface area contributed by atoms with Gasteiger partial charge in [0.1, 0.15) is 11.9 Å². The third-order valence-electron chi connectivity index (χ3n) is 7.06. The predicted molar refractivity (Wildman–Crippen MR) is 159 cm³/mol. The van der Waals surface area contributed by atoms with Crippen molar-refractivity contribution < 1.29 is 34.3 Å². The molecule has 4 N–H and O–H groups in total. The highest BCUT2D eigenvalue weighted by Gasteiger charge is 2.31. The zero-order chi connectivity index (χ0) is 30.2. The quantitative estimate of drug-likeness (QED) is 0.103. The summed E-state index contributed by atoms with van der Waals surface area (Å²) in [4.78, 5) is 29.5. The number of carbonyl (C=O) groups is 2. The molecule has 4 rings (SSSR count). The van der Waals surface area contributed by atoms with Crippen LogP contribution < -0.4 is 5.32 Å². The molecule has 42 heavy (non-hydrogen) atoms. The van der Waals surface area contributed by atoms with Crippen molar-refractivity contribution in [2.45, 2.75) is 57.8 Å². The highest BCUT2D eigenvalue weighted by molar-refractivity contribution is 6.12. The van der Waals surface area contributed by atoms with Gasteiger partial charge in [-0.1, -0.05) is 62.4 Å². The number of hydrogen-bond donors (Lipinski definition) is 4. The maximum Gasteiger partial charge on any atom is 0.306 e. The SMILES string of the molecule is CC(C)c1c(C(=O)Nc2ccccc2)c(-c2ccccc2)c(-c2ccc(F)cc2)n1CCC(O)CC(CC(=O)O)OO. The number of aliphatic carboxylic acids is 1. The Morgan fingerprint density at radius 1 is 0.929 bits per heavy atom. The van der Waals surface area contributed by atoms with Crippen molar-refractivity contribution in [1.82, 2.24) is 4.57 Å². The summed E-state index contributed by atoms with van der Waals surface area (Å²) in [5.41, 5.74) is 4.69. The van der Waals surface area contributed by atoms with Gasteiger partial charge in [-0.15, -0.1) is 0 Å². The Bertz CT molecular complexity index is 1490. The third kappa shape index (κ3) is 7.30. The molecule has 8 nitrogen and oxygen atoms in total. The number of aliphatic hydroxyl groups excluding tert-OH is 1. The van der Waals surface area contributed by atoms with Crippen molar-refractivity contribution in [1.29, 1.82) is 0 Å². The fourth-order valence-electron chi connectivity index (χ4n) is 5.27. The van der Waals surface area contributed by atoms with Crippen molar-refractivity contribution in [2.75, 3.05) is 5.32 Å². The van der Waals surface area contributed by atoms with Crippen LogP contribution in [0.15, 0.2) is 84.9 Å². The van der Waals surface area contributed by atoms with E-state index in [9.17, 15) is 19.1 Å². The molecule has 2 unspecified atom stereocenters. The van der Waals surface area contributed by atoms with Gasteiger partial charge in [-0.05, 0) is 59.9 Å². The van der Waals surface area contributed by atoms with Crippen LogP contribution in [0.5, 0.6) is 0 Å². The first-order valence-corrected chi connectivity index (χ1v) is 13.8. The Morgan fingerprint density at radius 3 is 2.12 bits per heavy atom. The first-order valence-electron chi connectivity index (χ1n) is 13.8. The summed E-state index contributed by atoms with van der Waals surface area (Å²) in [5, 5.41) is 32.1. The molecule has 0 saturated carbocycles. The van der Waals surface area contributed by atoms with Gasteiger partial charge in [0.25, 0.3) is 5.91 Å². The van der Waals surface area contributed by atoms with E-state index >= 15 is 0 Å². The topological polar surface area (TPSA) is 121 Å². The highest BCUT2D eigenvalue weighted by atomic mass is 19.1. The summed E-state index contributed by atoms with van der Waals surface area (Å²) in [6, 6.07) is 24.7. The number of nitrogens with one attached hydrogen (secondary N) is 1. The van der Waals surface area contributed by atoms with Gasteiger partial charge in [0.2, 0.25) is 0 Å². The molecule has 4 aromatic rings. The number of halogens is 1. The molecular formula is C33H35FN2O6. The zero-order valence-electron chi connectivity index (χ0n) is 23.5. The van der Waals surface area contributed by atoms with Crippen LogP contribution in [-0.2, 0) is 16.2 Å². The molecular weight excluding hydrogens is 539 g/mol. The van der Waals surface area contributed by atoms with E-state index in [0.29, 0.717) is 28.1 Å². The Labute approximate surface area is 244 Å². The number of carboxylic acid groups (broad SMARTS) is 1. The van der Waals surface area contributed by atoms with Crippen LogP contribution in [-0.4, -0.2) is 44.1 Å². The Kier molecular flexibility index (Phi) is 10.2. The minimum Gasteiger partial charge on any atom is -0.481 e. The van der Waals surface area contributed by atoms with Crippen LogP contribution in [0.2, 0.25) is 0 Å². The monoisotopic (exact) mass is 574 g/mol. The van der Waals surface area contributed by atoms with Gasteiger partial charge in [0, 0.05) is 29.9 Å². The molecule has 1 amide bonds. The van der Waals surface area contributed by atoms with E-state index in [0.717, 1.165) is 11.3 Å². The molecule has 0 aliphatic carbocycles. The lowest BCUT2D eigenvalue weighted by atomic mass is 9.94. The summed E-state index contributed by atoms with van der Waals surface area (Å²) in [6.07, 6.45) is -2.46. The van der Waals surface area contributed by atoms with E-state index in [2.05, 4.69) is 10.2 Å². The summed E-state index contributed by atoms with van der Waals surface area (Å²) >= 11 is 0. The van der Waals surface area contributed by atoms with E-state index in [4.69, 9.17) is 10.4 Å². The third-order valence-corrected chi connectivity index (χ3v) is 7.06. The fourth-order valence-corrected chi connectivity index (χ4v) is 5.27. The van der Waals surface area contributed by atoms with Crippen LogP contribution in [0, 0.1) is 5.82 Å². The number of amides is 1. The number of benzene rings is 3. The maximum absolute atomic E-state index is 14.1. The summed E-state index contributed by atoms with van der Waals surface area (Å²) in [7, 11) is 0. The van der Waals surface area contributed by atoms with E-state index in [1.807, 2.05) is 66.9 Å².